The highest BCUT2D eigenvalue weighted by Crippen LogP contribution is 2.41. The van der Waals surface area contributed by atoms with Gasteiger partial charge < -0.3 is 4.42 Å². The molecule has 0 unspecified atom stereocenters. The van der Waals surface area contributed by atoms with E-state index in [2.05, 4.69) is 0 Å². The lowest BCUT2D eigenvalue weighted by atomic mass is 9.93. The molecule has 146 valence electrons. The summed E-state index contributed by atoms with van der Waals surface area (Å²) in [6.07, 6.45) is -0.269. The Morgan fingerprint density at radius 3 is 2.21 bits per heavy atom. The molecule has 0 N–H and O–H groups in total. The van der Waals surface area contributed by atoms with Gasteiger partial charge in [0.15, 0.2) is 5.76 Å². The van der Waals surface area contributed by atoms with E-state index in [1.54, 1.807) is 42.5 Å². The van der Waals surface area contributed by atoms with Crippen LogP contribution < -0.4 is 5.63 Å². The van der Waals surface area contributed by atoms with Crippen LogP contribution in [-0.2, 0) is 12.3 Å². The zero-order valence-electron chi connectivity index (χ0n) is 16.0. The van der Waals surface area contributed by atoms with Gasteiger partial charge in [-0.2, -0.15) is 8.78 Å². The smallest absolute Gasteiger partial charge is 0.344 e. The SMILES string of the molecule is Cc1ccc2c(=O)oc(C(F)(F)CCc3ccccc3)c(-c3ccccc3)c2c1. The Hall–Kier alpha value is -3.27. The first-order chi connectivity index (χ1) is 14.0. The van der Waals surface area contributed by atoms with Crippen molar-refractivity contribution >= 4 is 10.8 Å². The first-order valence-electron chi connectivity index (χ1n) is 9.51. The average Bonchev–Trinajstić information content (AvgIpc) is 2.73. The Morgan fingerprint density at radius 1 is 0.862 bits per heavy atom. The molecule has 1 heterocycles. The van der Waals surface area contributed by atoms with E-state index >= 15 is 8.78 Å². The summed E-state index contributed by atoms with van der Waals surface area (Å²) in [5.74, 6) is -3.86. The fourth-order valence-electron chi connectivity index (χ4n) is 3.57. The molecular weight excluding hydrogens is 370 g/mol. The fraction of sp³-hybridized carbons (Fsp3) is 0.160. The summed E-state index contributed by atoms with van der Waals surface area (Å²) in [5, 5.41) is 0.791. The molecule has 0 radical (unpaired) electrons. The molecule has 1 aromatic heterocycles. The molecule has 0 saturated carbocycles. The third-order valence-corrected chi connectivity index (χ3v) is 5.05. The van der Waals surface area contributed by atoms with Gasteiger partial charge in [0, 0.05) is 17.4 Å². The molecule has 0 fully saturated rings. The molecule has 3 aromatic carbocycles. The monoisotopic (exact) mass is 390 g/mol. The van der Waals surface area contributed by atoms with Crippen molar-refractivity contribution in [1.82, 2.24) is 0 Å². The minimum atomic E-state index is -3.29. The van der Waals surface area contributed by atoms with E-state index in [9.17, 15) is 4.79 Å². The van der Waals surface area contributed by atoms with Crippen molar-refractivity contribution in [2.75, 3.05) is 0 Å². The summed E-state index contributed by atoms with van der Waals surface area (Å²) in [7, 11) is 0. The molecule has 4 rings (SSSR count). The molecule has 0 saturated heterocycles. The summed E-state index contributed by atoms with van der Waals surface area (Å²) in [4.78, 5) is 12.5. The van der Waals surface area contributed by atoms with Gasteiger partial charge in [-0.05, 0) is 30.5 Å². The van der Waals surface area contributed by atoms with Crippen LogP contribution in [-0.4, -0.2) is 0 Å². The Kier molecular flexibility index (Phi) is 5.01. The van der Waals surface area contributed by atoms with E-state index < -0.39 is 23.7 Å². The van der Waals surface area contributed by atoms with Gasteiger partial charge in [0.1, 0.15) is 0 Å². The second kappa shape index (κ2) is 7.63. The maximum atomic E-state index is 15.4. The number of rotatable bonds is 5. The predicted molar refractivity (Wildman–Crippen MR) is 111 cm³/mol. The number of halogens is 2. The molecule has 0 bridgehead atoms. The highest BCUT2D eigenvalue weighted by Gasteiger charge is 2.38. The van der Waals surface area contributed by atoms with E-state index in [1.807, 2.05) is 43.3 Å². The highest BCUT2D eigenvalue weighted by molar-refractivity contribution is 5.97. The summed E-state index contributed by atoms with van der Waals surface area (Å²) >= 11 is 0. The summed E-state index contributed by atoms with van der Waals surface area (Å²) < 4.78 is 36.0. The van der Waals surface area contributed by atoms with Crippen molar-refractivity contribution in [2.45, 2.75) is 25.7 Å². The summed E-state index contributed by atoms with van der Waals surface area (Å²) in [6.45, 7) is 1.87. The molecule has 0 spiro atoms. The number of fused-ring (bicyclic) bond motifs is 1. The van der Waals surface area contributed by atoms with Gasteiger partial charge in [0.05, 0.1) is 5.39 Å². The lowest BCUT2D eigenvalue weighted by molar-refractivity contribution is -0.0352. The van der Waals surface area contributed by atoms with Crippen LogP contribution in [0.2, 0.25) is 0 Å². The molecule has 0 amide bonds. The van der Waals surface area contributed by atoms with E-state index in [-0.39, 0.29) is 12.0 Å². The van der Waals surface area contributed by atoms with Crippen molar-refractivity contribution in [3.63, 3.8) is 0 Å². The standard InChI is InChI=1S/C25H20F2O2/c1-17-12-13-20-21(16-17)22(19-10-6-3-7-11-19)23(29-24(20)28)25(26,27)15-14-18-8-4-2-5-9-18/h2-13,16H,14-15H2,1H3. The fourth-order valence-corrected chi connectivity index (χ4v) is 3.57. The van der Waals surface area contributed by atoms with Gasteiger partial charge in [-0.1, -0.05) is 78.4 Å². The Bertz CT molecular complexity index is 1200. The van der Waals surface area contributed by atoms with Crippen LogP contribution in [0.15, 0.2) is 88.1 Å². The van der Waals surface area contributed by atoms with Crippen LogP contribution in [0.5, 0.6) is 0 Å². The van der Waals surface area contributed by atoms with Gasteiger partial charge in [0.25, 0.3) is 0 Å². The van der Waals surface area contributed by atoms with E-state index in [4.69, 9.17) is 4.42 Å². The van der Waals surface area contributed by atoms with Crippen LogP contribution in [0.4, 0.5) is 8.78 Å². The Balaban J connectivity index is 1.90. The van der Waals surface area contributed by atoms with Crippen LogP contribution in [0.3, 0.4) is 0 Å². The summed E-state index contributed by atoms with van der Waals surface area (Å²) in [6, 6.07) is 23.2. The number of aryl methyl sites for hydroxylation is 2. The van der Waals surface area contributed by atoms with Crippen molar-refractivity contribution in [2.24, 2.45) is 0 Å². The normalized spacial score (nSPS) is 11.7. The molecule has 0 aliphatic heterocycles. The van der Waals surface area contributed by atoms with Gasteiger partial charge in [-0.25, -0.2) is 4.79 Å². The third kappa shape index (κ3) is 3.83. The number of benzene rings is 3. The molecular formula is C25H20F2O2. The van der Waals surface area contributed by atoms with Gasteiger partial charge in [0.2, 0.25) is 0 Å². The quantitative estimate of drug-likeness (QED) is 0.390. The Morgan fingerprint density at radius 2 is 1.52 bits per heavy atom. The molecule has 0 aliphatic carbocycles. The summed E-state index contributed by atoms with van der Waals surface area (Å²) in [5.41, 5.74) is 1.84. The van der Waals surface area contributed by atoms with E-state index in [0.717, 1.165) is 11.1 Å². The maximum Gasteiger partial charge on any atom is 0.344 e. The van der Waals surface area contributed by atoms with Crippen LogP contribution in [0, 0.1) is 6.92 Å². The first kappa shape index (κ1) is 19.1. The molecule has 0 atom stereocenters. The van der Waals surface area contributed by atoms with Gasteiger partial charge in [-0.3, -0.25) is 0 Å². The van der Waals surface area contributed by atoms with Crippen molar-refractivity contribution in [3.8, 4) is 11.1 Å². The minimum Gasteiger partial charge on any atom is -0.420 e. The molecule has 29 heavy (non-hydrogen) atoms. The van der Waals surface area contributed by atoms with E-state index in [1.165, 1.54) is 0 Å². The second-order valence-corrected chi connectivity index (χ2v) is 7.20. The molecule has 2 nitrogen and oxygen atoms in total. The Labute approximate surface area is 167 Å². The average molecular weight is 390 g/mol. The second-order valence-electron chi connectivity index (χ2n) is 7.20. The van der Waals surface area contributed by atoms with Crippen LogP contribution in [0.25, 0.3) is 21.9 Å². The highest BCUT2D eigenvalue weighted by atomic mass is 19.3. The maximum absolute atomic E-state index is 15.4. The molecule has 0 aliphatic rings. The van der Waals surface area contributed by atoms with Crippen molar-refractivity contribution in [3.05, 3.63) is 106 Å². The van der Waals surface area contributed by atoms with Gasteiger partial charge >= 0.3 is 11.5 Å². The van der Waals surface area contributed by atoms with Crippen molar-refractivity contribution < 1.29 is 13.2 Å². The lowest BCUT2D eigenvalue weighted by Crippen LogP contribution is -2.19. The lowest BCUT2D eigenvalue weighted by Gasteiger charge is -2.20. The third-order valence-electron chi connectivity index (χ3n) is 5.05. The van der Waals surface area contributed by atoms with Crippen molar-refractivity contribution in [1.29, 1.82) is 0 Å². The number of alkyl halides is 2. The predicted octanol–water partition coefficient (Wildman–Crippen LogP) is 6.49. The van der Waals surface area contributed by atoms with E-state index in [0.29, 0.717) is 16.3 Å². The first-order valence-corrected chi connectivity index (χ1v) is 9.51. The van der Waals surface area contributed by atoms with Gasteiger partial charge in [-0.15, -0.1) is 0 Å². The topological polar surface area (TPSA) is 30.2 Å². The van der Waals surface area contributed by atoms with Crippen LogP contribution >= 0.6 is 0 Å². The number of hydrogen-bond donors (Lipinski definition) is 0. The minimum absolute atomic E-state index is 0.178. The largest absolute Gasteiger partial charge is 0.420 e. The molecule has 4 heteroatoms. The van der Waals surface area contributed by atoms with Crippen LogP contribution in [0.1, 0.15) is 23.3 Å². The zero-order valence-corrected chi connectivity index (χ0v) is 16.0. The number of hydrogen-bond acceptors (Lipinski definition) is 2. The zero-order chi connectivity index (χ0) is 20.4. The molecule has 4 aromatic rings.